The van der Waals surface area contributed by atoms with Gasteiger partial charge >= 0.3 is 5.97 Å². The number of hydrogen-bond donors (Lipinski definition) is 5. The lowest BCUT2D eigenvalue weighted by Crippen LogP contribution is -2.56. The molecule has 0 bridgehead atoms. The summed E-state index contributed by atoms with van der Waals surface area (Å²) in [6.45, 7) is 10.3. The molecule has 5 N–H and O–H groups in total. The standard InChI is InChI=1S/C25H40N4O7S2/c1-7-17-22(31)26-18(8-2)23(32)29-21(15(5)6)25(34)36-16(11-9-10-12-37-38-35)13-19(30)28-20(14(3)4)24(33)27-17/h8-9,11,14-17,20-21,35H,7,10,12-13H2,1-6H3,(H,26,31)(H,27,33)(H,28,30)(H,29,32)/b11-9+,18-8-/t16-,17-,20-,21+/m1/s1. The van der Waals surface area contributed by atoms with Crippen LogP contribution in [0, 0.1) is 11.8 Å². The second-order valence-corrected chi connectivity index (χ2v) is 11.4. The van der Waals surface area contributed by atoms with E-state index in [1.54, 1.807) is 53.7 Å². The number of nitrogens with one attached hydrogen (secondary N) is 4. The third kappa shape index (κ3) is 11.1. The maximum atomic E-state index is 13.1. The Bertz CT molecular complexity index is 908. The molecule has 1 fully saturated rings. The molecule has 0 aliphatic carbocycles. The molecule has 1 aliphatic heterocycles. The molecule has 1 heterocycles. The number of amides is 4. The van der Waals surface area contributed by atoms with E-state index in [9.17, 15) is 24.0 Å². The summed E-state index contributed by atoms with van der Waals surface area (Å²) >= 11 is 0.646. The quantitative estimate of drug-likeness (QED) is 0.0733. The largest absolute Gasteiger partial charge is 0.456 e. The normalized spacial score (nSPS) is 25.8. The lowest BCUT2D eigenvalue weighted by atomic mass is 10.0. The molecule has 0 spiro atoms. The predicted molar refractivity (Wildman–Crippen MR) is 149 cm³/mol. The van der Waals surface area contributed by atoms with Crippen molar-refractivity contribution in [3.05, 3.63) is 23.9 Å². The highest BCUT2D eigenvalue weighted by molar-refractivity contribution is 8.74. The first kappa shape index (κ1) is 33.5. The topological polar surface area (TPSA) is 163 Å². The molecular formula is C25H40N4O7S2. The number of allylic oxidation sites excluding steroid dienone is 2. The van der Waals surface area contributed by atoms with E-state index in [0.29, 0.717) is 23.2 Å². The van der Waals surface area contributed by atoms with Gasteiger partial charge in [0, 0.05) is 5.75 Å². The van der Waals surface area contributed by atoms with Crippen LogP contribution in [0.3, 0.4) is 0 Å². The van der Waals surface area contributed by atoms with E-state index >= 15 is 0 Å². The van der Waals surface area contributed by atoms with E-state index in [2.05, 4.69) is 21.3 Å². The molecule has 0 aromatic carbocycles. The van der Waals surface area contributed by atoms with Crippen molar-refractivity contribution in [1.29, 1.82) is 0 Å². The summed E-state index contributed by atoms with van der Waals surface area (Å²) in [6, 6.07) is -2.94. The van der Waals surface area contributed by atoms with Gasteiger partial charge in [-0.25, -0.2) is 4.79 Å². The van der Waals surface area contributed by atoms with Crippen molar-refractivity contribution in [1.82, 2.24) is 21.3 Å². The molecule has 11 nitrogen and oxygen atoms in total. The maximum absolute atomic E-state index is 13.1. The number of carbonyl (C=O) groups excluding carboxylic acids is 5. The van der Waals surface area contributed by atoms with Gasteiger partial charge in [0.15, 0.2) is 0 Å². The zero-order chi connectivity index (χ0) is 28.8. The van der Waals surface area contributed by atoms with Crippen molar-refractivity contribution in [2.45, 2.75) is 85.0 Å². The van der Waals surface area contributed by atoms with Gasteiger partial charge in [0.25, 0.3) is 5.91 Å². The summed E-state index contributed by atoms with van der Waals surface area (Å²) in [5, 5.41) is 10.5. The van der Waals surface area contributed by atoms with Crippen molar-refractivity contribution in [3.63, 3.8) is 0 Å². The average Bonchev–Trinajstić information content (AvgIpc) is 2.85. The van der Waals surface area contributed by atoms with E-state index in [0.717, 1.165) is 0 Å². The fourth-order valence-electron chi connectivity index (χ4n) is 3.53. The number of rotatable bonds is 8. The fourth-order valence-corrected chi connectivity index (χ4v) is 4.35. The van der Waals surface area contributed by atoms with Crippen molar-refractivity contribution >= 4 is 51.5 Å². The molecule has 1 rings (SSSR count). The van der Waals surface area contributed by atoms with E-state index in [4.69, 9.17) is 9.29 Å². The van der Waals surface area contributed by atoms with Gasteiger partial charge in [-0.15, -0.1) is 0 Å². The van der Waals surface area contributed by atoms with Crippen LogP contribution in [0.25, 0.3) is 0 Å². The van der Waals surface area contributed by atoms with Crippen LogP contribution >= 0.6 is 21.9 Å². The molecule has 0 radical (unpaired) electrons. The zero-order valence-electron chi connectivity index (χ0n) is 22.7. The van der Waals surface area contributed by atoms with Crippen LogP contribution in [0.4, 0.5) is 0 Å². The fraction of sp³-hybridized carbons (Fsp3) is 0.640. The number of ether oxygens (including phenoxy) is 1. The van der Waals surface area contributed by atoms with Crippen molar-refractivity contribution < 1.29 is 33.3 Å². The molecular weight excluding hydrogens is 532 g/mol. The summed E-state index contributed by atoms with van der Waals surface area (Å²) in [7, 11) is 1.24. The average molecular weight is 573 g/mol. The first-order chi connectivity index (χ1) is 17.9. The summed E-state index contributed by atoms with van der Waals surface area (Å²) in [5.41, 5.74) is -0.0716. The molecule has 4 amide bonds. The predicted octanol–water partition coefficient (Wildman–Crippen LogP) is 2.30. The number of esters is 1. The summed E-state index contributed by atoms with van der Waals surface area (Å²) < 4.78 is 14.5. The third-order valence-corrected chi connectivity index (χ3v) is 7.05. The summed E-state index contributed by atoms with van der Waals surface area (Å²) in [4.78, 5) is 64.9. The van der Waals surface area contributed by atoms with Crippen LogP contribution < -0.4 is 21.3 Å². The van der Waals surface area contributed by atoms with E-state index in [1.165, 1.54) is 16.9 Å². The number of hydrogen-bond acceptors (Lipinski definition) is 9. The van der Waals surface area contributed by atoms with Gasteiger partial charge in [-0.3, -0.25) is 19.2 Å². The molecule has 0 aromatic rings. The minimum absolute atomic E-state index is 0.0716. The van der Waals surface area contributed by atoms with Crippen molar-refractivity contribution in [2.75, 3.05) is 5.75 Å². The molecule has 13 heteroatoms. The molecule has 4 atom stereocenters. The maximum Gasteiger partial charge on any atom is 0.329 e. The van der Waals surface area contributed by atoms with Crippen LogP contribution in [0.5, 0.6) is 0 Å². The second kappa shape index (κ2) is 17.2. The van der Waals surface area contributed by atoms with Crippen LogP contribution in [-0.4, -0.2) is 64.1 Å². The highest BCUT2D eigenvalue weighted by Crippen LogP contribution is 2.18. The van der Waals surface area contributed by atoms with Gasteiger partial charge in [-0.2, -0.15) is 0 Å². The Morgan fingerprint density at radius 3 is 2.21 bits per heavy atom. The Labute approximate surface area is 232 Å². The van der Waals surface area contributed by atoms with Crippen molar-refractivity contribution in [3.8, 4) is 0 Å². The highest BCUT2D eigenvalue weighted by Gasteiger charge is 2.33. The minimum Gasteiger partial charge on any atom is -0.456 e. The van der Waals surface area contributed by atoms with Crippen LogP contribution in [0.1, 0.15) is 60.8 Å². The van der Waals surface area contributed by atoms with Gasteiger partial charge in [0.1, 0.15) is 29.9 Å². The van der Waals surface area contributed by atoms with E-state index in [-0.39, 0.29) is 30.4 Å². The smallest absolute Gasteiger partial charge is 0.329 e. The van der Waals surface area contributed by atoms with Gasteiger partial charge < -0.3 is 30.6 Å². The monoisotopic (exact) mass is 572 g/mol. The lowest BCUT2D eigenvalue weighted by Gasteiger charge is -2.27. The van der Waals surface area contributed by atoms with Gasteiger partial charge in [-0.05, 0) is 37.7 Å². The van der Waals surface area contributed by atoms with E-state index in [1.807, 2.05) is 0 Å². The molecule has 0 aromatic heterocycles. The Morgan fingerprint density at radius 1 is 1.00 bits per heavy atom. The lowest BCUT2D eigenvalue weighted by molar-refractivity contribution is -0.153. The number of carbonyl (C=O) groups is 5. The van der Waals surface area contributed by atoms with Gasteiger partial charge in [0.05, 0.1) is 17.5 Å². The number of cyclic esters (lactones) is 1. The molecule has 1 saturated heterocycles. The highest BCUT2D eigenvalue weighted by atomic mass is 33.1. The van der Waals surface area contributed by atoms with E-state index < -0.39 is 53.8 Å². The molecule has 1 aliphatic rings. The second-order valence-electron chi connectivity index (χ2n) is 9.44. The first-order valence-corrected chi connectivity index (χ1v) is 14.9. The Hall–Kier alpha value is -2.51. The van der Waals surface area contributed by atoms with Crippen LogP contribution in [0.15, 0.2) is 23.9 Å². The molecule has 0 saturated carbocycles. The van der Waals surface area contributed by atoms with Crippen molar-refractivity contribution in [2.24, 2.45) is 11.8 Å². The third-order valence-electron chi connectivity index (χ3n) is 5.73. The Balaban J connectivity index is 3.39. The Morgan fingerprint density at radius 2 is 1.66 bits per heavy atom. The molecule has 38 heavy (non-hydrogen) atoms. The summed E-state index contributed by atoms with van der Waals surface area (Å²) in [5.74, 6) is -3.15. The van der Waals surface area contributed by atoms with Crippen LogP contribution in [-0.2, 0) is 28.7 Å². The summed E-state index contributed by atoms with van der Waals surface area (Å²) in [6.07, 6.45) is 4.31. The van der Waals surface area contributed by atoms with Crippen LogP contribution in [0.2, 0.25) is 0 Å². The molecule has 214 valence electrons. The SMILES string of the molecule is C/C=C1\NC(=O)[C@@H](CC)NC(=O)[C@@H](C(C)C)NC(=O)C[C@@H](/C=C/CCSSO)OC(=O)[C@H](C(C)C)NC1=O. The van der Waals surface area contributed by atoms with Gasteiger partial charge in [-0.1, -0.05) is 57.6 Å². The van der Waals surface area contributed by atoms with Gasteiger partial charge in [0.2, 0.25) is 17.7 Å². The zero-order valence-corrected chi connectivity index (χ0v) is 24.4. The molecule has 0 unspecified atom stereocenters. The Kier molecular flexibility index (Phi) is 15.1. The first-order valence-electron chi connectivity index (χ1n) is 12.6. The minimum atomic E-state index is -1.05.